The quantitative estimate of drug-likeness (QED) is 0.0199. The van der Waals surface area contributed by atoms with E-state index in [1.54, 1.807) is 6.08 Å². The van der Waals surface area contributed by atoms with Crippen molar-refractivity contribution in [1.29, 1.82) is 0 Å². The summed E-state index contributed by atoms with van der Waals surface area (Å²) in [5.41, 5.74) is 0. The van der Waals surface area contributed by atoms with Gasteiger partial charge >= 0.3 is 0 Å². The lowest BCUT2D eigenvalue weighted by atomic mass is 9.96. The van der Waals surface area contributed by atoms with Crippen molar-refractivity contribution in [2.45, 2.75) is 433 Å². The highest BCUT2D eigenvalue weighted by atomic mass is 16.8. The van der Waals surface area contributed by atoms with Crippen LogP contribution in [0.3, 0.4) is 0 Å². The average molecular weight is 1400 g/mol. The second kappa shape index (κ2) is 60.3. The van der Waals surface area contributed by atoms with Gasteiger partial charge in [-0.2, -0.15) is 0 Å². The van der Waals surface area contributed by atoms with Crippen LogP contribution in [0.15, 0.2) is 36.5 Å². The van der Waals surface area contributed by atoms with E-state index in [1.807, 2.05) is 6.08 Å². The van der Waals surface area contributed by atoms with Crippen LogP contribution < -0.4 is 5.32 Å². The molecule has 3 saturated heterocycles. The zero-order valence-corrected chi connectivity index (χ0v) is 61.5. The minimum atomic E-state index is -1.98. The van der Waals surface area contributed by atoms with Crippen molar-refractivity contribution >= 4 is 5.91 Å². The minimum absolute atomic E-state index is 0.245. The van der Waals surface area contributed by atoms with Crippen molar-refractivity contribution in [3.8, 4) is 0 Å². The van der Waals surface area contributed by atoms with Gasteiger partial charge in [0.05, 0.1) is 38.6 Å². The maximum atomic E-state index is 13.5. The number of hydrogen-bond acceptors (Lipinski definition) is 18. The highest BCUT2D eigenvalue weighted by molar-refractivity contribution is 5.76. The smallest absolute Gasteiger partial charge is 0.220 e. The Balaban J connectivity index is 1.38. The van der Waals surface area contributed by atoms with Gasteiger partial charge in [0, 0.05) is 6.42 Å². The molecule has 1 amide bonds. The first-order valence-corrected chi connectivity index (χ1v) is 40.2. The Morgan fingerprint density at radius 2 is 0.673 bits per heavy atom. The molecule has 17 atom stereocenters. The Morgan fingerprint density at radius 3 is 1.04 bits per heavy atom. The first kappa shape index (κ1) is 90.2. The van der Waals surface area contributed by atoms with E-state index in [-0.39, 0.29) is 18.9 Å². The van der Waals surface area contributed by atoms with Gasteiger partial charge in [0.1, 0.15) is 73.2 Å². The molecule has 3 aliphatic heterocycles. The summed E-state index contributed by atoms with van der Waals surface area (Å²) in [6, 6.07) is -0.974. The highest BCUT2D eigenvalue weighted by Gasteiger charge is 2.54. The minimum Gasteiger partial charge on any atom is -0.394 e. The Morgan fingerprint density at radius 1 is 0.367 bits per heavy atom. The molecule has 19 heteroatoms. The summed E-state index contributed by atoms with van der Waals surface area (Å²) in [7, 11) is 0. The van der Waals surface area contributed by atoms with Gasteiger partial charge in [0.2, 0.25) is 5.91 Å². The van der Waals surface area contributed by atoms with Crippen molar-refractivity contribution in [2.75, 3.05) is 26.4 Å². The fourth-order valence-electron chi connectivity index (χ4n) is 13.7. The molecular weight excluding hydrogens is 1250 g/mol. The molecule has 0 aromatic carbocycles. The second-order valence-electron chi connectivity index (χ2n) is 28.9. The van der Waals surface area contributed by atoms with Crippen LogP contribution in [0.25, 0.3) is 0 Å². The second-order valence-corrected chi connectivity index (χ2v) is 28.9. The predicted molar refractivity (Wildman–Crippen MR) is 388 cm³/mol. The topological polar surface area (TPSA) is 307 Å². The van der Waals surface area contributed by atoms with Crippen LogP contribution in [0.2, 0.25) is 0 Å². The normalized spacial score (nSPS) is 26.9. The monoisotopic (exact) mass is 1400 g/mol. The number of ether oxygens (including phenoxy) is 6. The number of aliphatic hydroxyl groups excluding tert-OH is 11. The van der Waals surface area contributed by atoms with Gasteiger partial charge in [0.25, 0.3) is 0 Å². The number of carbonyl (C=O) groups is 1. The third-order valence-corrected chi connectivity index (χ3v) is 20.2. The molecule has 0 aromatic heterocycles. The van der Waals surface area contributed by atoms with E-state index in [1.165, 1.54) is 250 Å². The van der Waals surface area contributed by atoms with Gasteiger partial charge in [-0.15, -0.1) is 0 Å². The maximum Gasteiger partial charge on any atom is 0.220 e. The third-order valence-electron chi connectivity index (χ3n) is 20.2. The summed E-state index contributed by atoms with van der Waals surface area (Å²) in [5, 5.41) is 121. The fourth-order valence-corrected chi connectivity index (χ4v) is 13.7. The molecule has 0 aliphatic carbocycles. The van der Waals surface area contributed by atoms with Crippen molar-refractivity contribution in [2.24, 2.45) is 0 Å². The molecule has 0 saturated carbocycles. The molecule has 17 unspecified atom stereocenters. The largest absolute Gasteiger partial charge is 0.394 e. The Hall–Kier alpha value is -1.99. The lowest BCUT2D eigenvalue weighted by Crippen LogP contribution is -2.66. The number of unbranched alkanes of at least 4 members (excludes halogenated alkanes) is 44. The van der Waals surface area contributed by atoms with E-state index in [4.69, 9.17) is 28.4 Å². The Labute approximate surface area is 593 Å². The van der Waals surface area contributed by atoms with Gasteiger partial charge in [-0.1, -0.05) is 307 Å². The number of rotatable bonds is 64. The molecule has 12 N–H and O–H groups in total. The van der Waals surface area contributed by atoms with Gasteiger partial charge in [-0.05, 0) is 51.4 Å². The van der Waals surface area contributed by atoms with E-state index >= 15 is 0 Å². The van der Waals surface area contributed by atoms with Crippen molar-refractivity contribution < 1.29 is 89.4 Å². The molecule has 0 bridgehead atoms. The molecule has 98 heavy (non-hydrogen) atoms. The van der Waals surface area contributed by atoms with Crippen LogP contribution in [0.4, 0.5) is 0 Å². The van der Waals surface area contributed by atoms with Crippen LogP contribution in [0, 0.1) is 0 Å². The van der Waals surface area contributed by atoms with Crippen LogP contribution in [0.1, 0.15) is 328 Å². The predicted octanol–water partition coefficient (Wildman–Crippen LogP) is 13.1. The van der Waals surface area contributed by atoms with Crippen LogP contribution >= 0.6 is 0 Å². The fraction of sp³-hybridized carbons (Fsp3) is 0.911. The number of hydrogen-bond donors (Lipinski definition) is 12. The summed E-state index contributed by atoms with van der Waals surface area (Å²) in [6.45, 7) is 1.78. The van der Waals surface area contributed by atoms with E-state index in [0.29, 0.717) is 6.42 Å². The van der Waals surface area contributed by atoms with E-state index < -0.39 is 124 Å². The molecule has 576 valence electrons. The van der Waals surface area contributed by atoms with Crippen molar-refractivity contribution in [3.63, 3.8) is 0 Å². The Bertz CT molecular complexity index is 1910. The molecule has 3 rings (SSSR count). The lowest BCUT2D eigenvalue weighted by molar-refractivity contribution is -0.379. The molecule has 3 heterocycles. The van der Waals surface area contributed by atoms with E-state index in [0.717, 1.165) is 51.4 Å². The van der Waals surface area contributed by atoms with Gasteiger partial charge in [-0.3, -0.25) is 4.79 Å². The van der Waals surface area contributed by atoms with Crippen molar-refractivity contribution in [1.82, 2.24) is 5.32 Å². The SMILES string of the molecule is CCCCCCC/C=C\C/C=C\CCCCCCCCCCCCCCCCCC(=O)NC(COC1OC(CO)C(OC2OC(CO)C(OC3OC(CO)C(O)C(O)C3O)C(O)C2O)C(O)C1O)C(O)/C=C/CCCCCCCCCCCCCCCCCCCCCCCCCC. The zero-order valence-electron chi connectivity index (χ0n) is 61.5. The Kier molecular flexibility index (Phi) is 55.5. The van der Waals surface area contributed by atoms with Gasteiger partial charge in [-0.25, -0.2) is 0 Å². The van der Waals surface area contributed by atoms with E-state index in [9.17, 15) is 61.0 Å². The van der Waals surface area contributed by atoms with E-state index in [2.05, 4.69) is 43.5 Å². The van der Waals surface area contributed by atoms with Crippen LogP contribution in [-0.2, 0) is 33.2 Å². The number of allylic oxidation sites excluding steroid dienone is 5. The number of amides is 1. The molecule has 3 aliphatic rings. The molecule has 0 spiro atoms. The zero-order chi connectivity index (χ0) is 71.1. The number of carbonyl (C=O) groups excluding carboxylic acids is 1. The van der Waals surface area contributed by atoms with Gasteiger partial charge < -0.3 is 89.9 Å². The lowest BCUT2D eigenvalue weighted by Gasteiger charge is -2.48. The molecule has 0 aromatic rings. The maximum absolute atomic E-state index is 13.5. The van der Waals surface area contributed by atoms with Crippen LogP contribution in [0.5, 0.6) is 0 Å². The summed E-state index contributed by atoms with van der Waals surface area (Å²) in [4.78, 5) is 13.5. The summed E-state index contributed by atoms with van der Waals surface area (Å²) < 4.78 is 34.5. The third kappa shape index (κ3) is 40.3. The number of aliphatic hydroxyl groups is 11. The average Bonchev–Trinajstić information content (AvgIpc) is 0.785. The molecule has 0 radical (unpaired) electrons. The van der Waals surface area contributed by atoms with Crippen molar-refractivity contribution in [3.05, 3.63) is 36.5 Å². The molecule has 3 fully saturated rings. The summed E-state index contributed by atoms with van der Waals surface area (Å²) >= 11 is 0. The molecule has 19 nitrogen and oxygen atoms in total. The standard InChI is InChI=1S/C79H147NO18/c1-3-5-7-9-11-13-15-17-19-21-23-25-27-29-31-33-35-37-39-41-43-45-47-49-51-53-55-57-67(85)80-62(63(84)56-54-52-50-48-46-44-42-40-38-36-34-32-30-28-26-24-22-20-18-16-14-12-10-8-6-4-2)61-93-77-73(91)70(88)75(65(59-82)95-77)98-79-74(92)71(89)76(66(60-83)96-79)97-78-72(90)69(87)68(86)64(58-81)94-78/h15,17,21,23,54,56,62-66,68-79,81-84,86-92H,3-14,16,18-20,22,24-53,55,57-61H2,1-2H3,(H,80,85)/b17-15-,23-21-,56-54+. The summed E-state index contributed by atoms with van der Waals surface area (Å²) in [5.74, 6) is -0.271. The van der Waals surface area contributed by atoms with Gasteiger partial charge in [0.15, 0.2) is 18.9 Å². The summed E-state index contributed by atoms with van der Waals surface area (Å²) in [6.07, 6.45) is 46.9. The molecular formula is C79H147NO18. The first-order valence-electron chi connectivity index (χ1n) is 40.2. The van der Waals surface area contributed by atoms with Crippen LogP contribution in [-0.4, -0.2) is 193 Å². The highest BCUT2D eigenvalue weighted by Crippen LogP contribution is 2.33. The first-order chi connectivity index (χ1) is 47.8. The number of nitrogens with one attached hydrogen (secondary N) is 1.